The Morgan fingerprint density at radius 2 is 2.08 bits per heavy atom. The van der Waals surface area contributed by atoms with Gasteiger partial charge in [-0.2, -0.15) is 23.3 Å². The summed E-state index contributed by atoms with van der Waals surface area (Å²) in [4.78, 5) is 24.1. The molecule has 0 aromatic carbocycles. The fraction of sp³-hybridized carbons (Fsp3) is 0.312. The highest BCUT2D eigenvalue weighted by Crippen LogP contribution is 2.32. The second-order valence-electron chi connectivity index (χ2n) is 5.93. The van der Waals surface area contributed by atoms with Gasteiger partial charge in [-0.05, 0) is 18.1 Å². The van der Waals surface area contributed by atoms with Crippen molar-refractivity contribution < 1.29 is 18.0 Å². The van der Waals surface area contributed by atoms with E-state index in [0.717, 1.165) is 6.20 Å². The Morgan fingerprint density at radius 3 is 2.69 bits per heavy atom. The first kappa shape index (κ1) is 17.8. The normalized spacial score (nSPS) is 13.2. The molecule has 0 unspecified atom stereocenters. The van der Waals surface area contributed by atoms with Crippen molar-refractivity contribution in [2.45, 2.75) is 32.0 Å². The Labute approximate surface area is 146 Å². The largest absolute Gasteiger partial charge is 0.412 e. The standard InChI is InChI=1S/C16H15F3N6O/c1-9(2)12-6-11(23-15-21-8-22-25(12)15)14(26)24-13(16(17,18)19)10-4-3-5-20-7-10/h3-9,13H,1-2H3,(H,24,26)/t13-/m1/s1. The lowest BCUT2D eigenvalue weighted by atomic mass is 10.1. The highest BCUT2D eigenvalue weighted by atomic mass is 19.4. The average Bonchev–Trinajstić information content (AvgIpc) is 3.06. The van der Waals surface area contributed by atoms with Gasteiger partial charge < -0.3 is 5.32 Å². The maximum Gasteiger partial charge on any atom is 0.412 e. The molecule has 3 heterocycles. The zero-order chi connectivity index (χ0) is 18.9. The number of hydrogen-bond donors (Lipinski definition) is 1. The van der Waals surface area contributed by atoms with Gasteiger partial charge in [-0.1, -0.05) is 19.9 Å². The molecular weight excluding hydrogens is 349 g/mol. The Kier molecular flexibility index (Phi) is 4.58. The van der Waals surface area contributed by atoms with Gasteiger partial charge in [0.1, 0.15) is 12.0 Å². The summed E-state index contributed by atoms with van der Waals surface area (Å²) in [5, 5.41) is 6.00. The predicted octanol–water partition coefficient (Wildman–Crippen LogP) is 2.68. The molecule has 1 atom stereocenters. The monoisotopic (exact) mass is 364 g/mol. The number of amides is 1. The smallest absolute Gasteiger partial charge is 0.335 e. The third kappa shape index (κ3) is 3.48. The quantitative estimate of drug-likeness (QED) is 0.769. The van der Waals surface area contributed by atoms with Crippen LogP contribution in [0, 0.1) is 0 Å². The molecule has 1 N–H and O–H groups in total. The van der Waals surface area contributed by atoms with Crippen LogP contribution in [0.1, 0.15) is 47.6 Å². The predicted molar refractivity (Wildman–Crippen MR) is 85.4 cm³/mol. The lowest BCUT2D eigenvalue weighted by Gasteiger charge is -2.21. The molecule has 7 nitrogen and oxygen atoms in total. The van der Waals surface area contributed by atoms with Crippen molar-refractivity contribution in [3.8, 4) is 0 Å². The summed E-state index contributed by atoms with van der Waals surface area (Å²) < 4.78 is 41.7. The molecule has 0 aliphatic rings. The molecule has 136 valence electrons. The van der Waals surface area contributed by atoms with Crippen molar-refractivity contribution in [1.82, 2.24) is 29.9 Å². The van der Waals surface area contributed by atoms with Crippen LogP contribution in [-0.2, 0) is 0 Å². The zero-order valence-electron chi connectivity index (χ0n) is 13.9. The van der Waals surface area contributed by atoms with Crippen LogP contribution in [0.5, 0.6) is 0 Å². The molecule has 0 aliphatic heterocycles. The minimum Gasteiger partial charge on any atom is -0.335 e. The molecular formula is C16H15F3N6O. The van der Waals surface area contributed by atoms with Gasteiger partial charge in [0.25, 0.3) is 11.7 Å². The van der Waals surface area contributed by atoms with Gasteiger partial charge in [-0.25, -0.2) is 9.50 Å². The van der Waals surface area contributed by atoms with Crippen molar-refractivity contribution in [2.75, 3.05) is 0 Å². The summed E-state index contributed by atoms with van der Waals surface area (Å²) in [5.74, 6) is -0.847. The van der Waals surface area contributed by atoms with Crippen LogP contribution in [0.2, 0.25) is 0 Å². The van der Waals surface area contributed by atoms with Gasteiger partial charge in [0.2, 0.25) is 0 Å². The number of pyridine rings is 1. The summed E-state index contributed by atoms with van der Waals surface area (Å²) >= 11 is 0. The van der Waals surface area contributed by atoms with Gasteiger partial charge in [0, 0.05) is 18.0 Å². The molecule has 0 saturated carbocycles. The van der Waals surface area contributed by atoms with Gasteiger partial charge >= 0.3 is 6.18 Å². The van der Waals surface area contributed by atoms with Crippen molar-refractivity contribution in [3.63, 3.8) is 0 Å². The fourth-order valence-corrected chi connectivity index (χ4v) is 2.47. The number of fused-ring (bicyclic) bond motifs is 1. The molecule has 0 bridgehead atoms. The molecule has 26 heavy (non-hydrogen) atoms. The molecule has 10 heteroatoms. The van der Waals surface area contributed by atoms with Crippen molar-refractivity contribution in [1.29, 1.82) is 0 Å². The first-order valence-electron chi connectivity index (χ1n) is 7.75. The lowest BCUT2D eigenvalue weighted by molar-refractivity contribution is -0.155. The molecule has 0 fully saturated rings. The Morgan fingerprint density at radius 1 is 1.31 bits per heavy atom. The van der Waals surface area contributed by atoms with E-state index in [0.29, 0.717) is 5.69 Å². The highest BCUT2D eigenvalue weighted by Gasteiger charge is 2.42. The van der Waals surface area contributed by atoms with E-state index in [1.807, 2.05) is 19.2 Å². The van der Waals surface area contributed by atoms with Gasteiger partial charge in [0.05, 0.1) is 5.69 Å². The van der Waals surface area contributed by atoms with Gasteiger partial charge in [0.15, 0.2) is 6.04 Å². The minimum atomic E-state index is -4.68. The number of nitrogens with zero attached hydrogens (tertiary/aromatic N) is 5. The Bertz CT molecular complexity index is 923. The summed E-state index contributed by atoms with van der Waals surface area (Å²) in [6.45, 7) is 3.73. The Hall–Kier alpha value is -3.04. The number of carbonyl (C=O) groups is 1. The highest BCUT2D eigenvalue weighted by molar-refractivity contribution is 5.93. The summed E-state index contributed by atoms with van der Waals surface area (Å²) in [5.41, 5.74) is 0.288. The fourth-order valence-electron chi connectivity index (χ4n) is 2.47. The number of alkyl halides is 3. The van der Waals surface area contributed by atoms with E-state index >= 15 is 0 Å². The number of aromatic nitrogens is 5. The summed E-state index contributed by atoms with van der Waals surface area (Å²) in [6, 6.07) is 1.85. The second kappa shape index (κ2) is 6.70. The molecule has 1 amide bonds. The topological polar surface area (TPSA) is 85.1 Å². The number of rotatable bonds is 4. The molecule has 3 aromatic rings. The molecule has 3 rings (SSSR count). The van der Waals surface area contributed by atoms with Crippen LogP contribution < -0.4 is 5.32 Å². The first-order chi connectivity index (χ1) is 12.3. The van der Waals surface area contributed by atoms with Gasteiger partial charge in [-0.15, -0.1) is 0 Å². The third-order valence-electron chi connectivity index (χ3n) is 3.72. The van der Waals surface area contributed by atoms with E-state index in [1.54, 1.807) is 0 Å². The van der Waals surface area contributed by atoms with Crippen LogP contribution in [-0.4, -0.2) is 36.6 Å². The third-order valence-corrected chi connectivity index (χ3v) is 3.72. The maximum atomic E-state index is 13.4. The van der Waals surface area contributed by atoms with Crippen molar-refractivity contribution >= 4 is 11.7 Å². The van der Waals surface area contributed by atoms with Crippen LogP contribution in [0.25, 0.3) is 5.78 Å². The van der Waals surface area contributed by atoms with Gasteiger partial charge in [-0.3, -0.25) is 9.78 Å². The molecule has 0 aliphatic carbocycles. The molecule has 3 aromatic heterocycles. The van der Waals surface area contributed by atoms with E-state index in [1.165, 1.54) is 35.2 Å². The first-order valence-corrected chi connectivity index (χ1v) is 7.75. The summed E-state index contributed by atoms with van der Waals surface area (Å²) in [6.07, 6.45) is -0.996. The second-order valence-corrected chi connectivity index (χ2v) is 5.93. The van der Waals surface area contributed by atoms with Crippen LogP contribution in [0.4, 0.5) is 13.2 Å². The van der Waals surface area contributed by atoms with E-state index < -0.39 is 18.1 Å². The number of halogens is 3. The van der Waals surface area contributed by atoms with E-state index in [9.17, 15) is 18.0 Å². The average molecular weight is 364 g/mol. The number of hydrogen-bond acceptors (Lipinski definition) is 5. The van der Waals surface area contributed by atoms with Crippen molar-refractivity contribution in [3.05, 3.63) is 53.9 Å². The van der Waals surface area contributed by atoms with E-state index in [4.69, 9.17) is 0 Å². The number of carbonyl (C=O) groups excluding carboxylic acids is 1. The number of nitrogens with one attached hydrogen (secondary N) is 1. The van der Waals surface area contributed by atoms with E-state index in [-0.39, 0.29) is 23.0 Å². The van der Waals surface area contributed by atoms with Crippen LogP contribution in [0.15, 0.2) is 36.9 Å². The maximum absolute atomic E-state index is 13.4. The lowest BCUT2D eigenvalue weighted by Crippen LogP contribution is -2.38. The van der Waals surface area contributed by atoms with Crippen molar-refractivity contribution in [2.24, 2.45) is 0 Å². The van der Waals surface area contributed by atoms with Crippen LogP contribution in [0.3, 0.4) is 0 Å². The molecule has 0 radical (unpaired) electrons. The summed E-state index contributed by atoms with van der Waals surface area (Å²) in [7, 11) is 0. The molecule has 0 saturated heterocycles. The van der Waals surface area contributed by atoms with Crippen LogP contribution >= 0.6 is 0 Å². The van der Waals surface area contributed by atoms with E-state index in [2.05, 4.69) is 20.1 Å². The SMILES string of the molecule is CC(C)c1cc(C(=O)N[C@H](c2cccnc2)C(F)(F)F)nc2ncnn12. The zero-order valence-corrected chi connectivity index (χ0v) is 13.9. The minimum absolute atomic E-state index is 0.0366. The molecule has 0 spiro atoms. The Balaban J connectivity index is 1.97.